The van der Waals surface area contributed by atoms with Gasteiger partial charge in [-0.05, 0) is 53.6 Å². The van der Waals surface area contributed by atoms with Gasteiger partial charge in [-0.1, -0.05) is 75.8 Å². The Morgan fingerprint density at radius 2 is 1.25 bits per heavy atom. The van der Waals surface area contributed by atoms with Crippen LogP contribution >= 0.6 is 0 Å². The second kappa shape index (κ2) is 9.89. The third kappa shape index (κ3) is 8.52. The number of hydrogen-bond donors (Lipinski definition) is 1. The fourth-order valence-electron chi connectivity index (χ4n) is 4.98. The summed E-state index contributed by atoms with van der Waals surface area (Å²) in [5.74, 6) is 0.621. The summed E-state index contributed by atoms with van der Waals surface area (Å²) >= 11 is 0. The summed E-state index contributed by atoms with van der Waals surface area (Å²) in [5.41, 5.74) is 1.85. The zero-order valence-corrected chi connectivity index (χ0v) is 22.4. The Bertz CT molecular complexity index is 768. The van der Waals surface area contributed by atoms with Crippen LogP contribution in [0.15, 0.2) is 24.3 Å². The summed E-state index contributed by atoms with van der Waals surface area (Å²) in [6.07, 6.45) is 1.82. The van der Waals surface area contributed by atoms with Crippen LogP contribution < -0.4 is 4.74 Å². The Balaban J connectivity index is 3.38. The van der Waals surface area contributed by atoms with Crippen LogP contribution in [-0.4, -0.2) is 24.3 Å². The van der Waals surface area contributed by atoms with E-state index >= 15 is 0 Å². The van der Waals surface area contributed by atoms with E-state index in [-0.39, 0.29) is 34.9 Å². The van der Waals surface area contributed by atoms with E-state index in [4.69, 9.17) is 9.47 Å². The van der Waals surface area contributed by atoms with Crippen LogP contribution in [0.4, 0.5) is 0 Å². The topological polar surface area (TPSA) is 55.8 Å². The molecular formula is C28H46O4. The summed E-state index contributed by atoms with van der Waals surface area (Å²) in [6, 6.07) is 3.89. The second-order valence-corrected chi connectivity index (χ2v) is 12.9. The number of hydrogen-bond acceptors (Lipinski definition) is 4. The van der Waals surface area contributed by atoms with Gasteiger partial charge in [0.15, 0.2) is 0 Å². The second-order valence-electron chi connectivity index (χ2n) is 12.9. The van der Waals surface area contributed by atoms with Crippen LogP contribution in [0, 0.1) is 10.8 Å². The number of rotatable bonds is 9. The van der Waals surface area contributed by atoms with Gasteiger partial charge in [0, 0.05) is 16.7 Å². The van der Waals surface area contributed by atoms with Crippen LogP contribution in [0.5, 0.6) is 11.5 Å². The van der Waals surface area contributed by atoms with Gasteiger partial charge in [0.05, 0.1) is 0 Å². The van der Waals surface area contributed by atoms with E-state index in [1.165, 1.54) is 0 Å². The Hall–Kier alpha value is -1.97. The lowest BCUT2D eigenvalue weighted by Crippen LogP contribution is -2.28. The highest BCUT2D eigenvalue weighted by Gasteiger charge is 2.35. The smallest absolute Gasteiger partial charge is 0.333 e. The van der Waals surface area contributed by atoms with Crippen LogP contribution in [0.2, 0.25) is 0 Å². The van der Waals surface area contributed by atoms with Crippen LogP contribution in [-0.2, 0) is 20.4 Å². The molecule has 1 N–H and O–H groups in total. The predicted molar refractivity (Wildman–Crippen MR) is 134 cm³/mol. The molecule has 0 saturated heterocycles. The minimum atomic E-state index is -0.418. The van der Waals surface area contributed by atoms with Gasteiger partial charge < -0.3 is 14.6 Å². The lowest BCUT2D eigenvalue weighted by molar-refractivity contribution is -0.139. The summed E-state index contributed by atoms with van der Waals surface area (Å²) in [4.78, 5) is 11.6. The normalized spacial score (nSPS) is 13.1. The zero-order valence-electron chi connectivity index (χ0n) is 22.4. The molecule has 1 aromatic carbocycles. The van der Waals surface area contributed by atoms with Crippen molar-refractivity contribution >= 4 is 5.97 Å². The van der Waals surface area contributed by atoms with Gasteiger partial charge in [0.25, 0.3) is 0 Å². The fourth-order valence-corrected chi connectivity index (χ4v) is 4.98. The van der Waals surface area contributed by atoms with Gasteiger partial charge in [0.1, 0.15) is 24.7 Å². The van der Waals surface area contributed by atoms with Gasteiger partial charge in [-0.25, -0.2) is 4.79 Å². The minimum absolute atomic E-state index is 0.102. The van der Waals surface area contributed by atoms with Crippen molar-refractivity contribution in [3.63, 3.8) is 0 Å². The quantitative estimate of drug-likeness (QED) is 0.245. The number of ether oxygens (including phenoxy) is 2. The minimum Gasteiger partial charge on any atom is -0.507 e. The van der Waals surface area contributed by atoms with E-state index < -0.39 is 5.97 Å². The van der Waals surface area contributed by atoms with Crippen molar-refractivity contribution in [1.82, 2.24) is 0 Å². The molecule has 0 unspecified atom stereocenters. The molecule has 0 saturated carbocycles. The molecule has 0 amide bonds. The Labute approximate surface area is 196 Å². The number of phenolic OH excluding ortho intramolecular Hbond substituents is 1. The van der Waals surface area contributed by atoms with Gasteiger partial charge in [-0.3, -0.25) is 0 Å². The first-order valence-electron chi connectivity index (χ1n) is 11.6. The molecule has 4 heteroatoms. The number of carbonyl (C=O) groups is 1. The molecule has 0 radical (unpaired) electrons. The van der Waals surface area contributed by atoms with Crippen molar-refractivity contribution in [2.24, 2.45) is 10.8 Å². The molecule has 0 aliphatic heterocycles. The standard InChI is InChI=1S/C28H46O4/c1-19(2)24(30)32-14-13-31-20-15-21(27(9,10)17-25(3,4)5)23(29)22(16-20)28(11,12)18-26(6,7)8/h15-16,29H,1,13-14,17-18H2,2-12H3. The number of benzene rings is 1. The predicted octanol–water partition coefficient (Wildman–Crippen LogP) is 7.32. The van der Waals surface area contributed by atoms with Gasteiger partial charge in [-0.15, -0.1) is 0 Å². The number of phenols is 1. The van der Waals surface area contributed by atoms with E-state index in [9.17, 15) is 9.90 Å². The molecule has 182 valence electrons. The molecule has 32 heavy (non-hydrogen) atoms. The van der Waals surface area contributed by atoms with Crippen molar-refractivity contribution in [3.05, 3.63) is 35.4 Å². The van der Waals surface area contributed by atoms with Crippen molar-refractivity contribution < 1.29 is 19.4 Å². The summed E-state index contributed by atoms with van der Waals surface area (Å²) in [7, 11) is 0. The first-order chi connectivity index (χ1) is 14.3. The molecule has 0 atom stereocenters. The first-order valence-corrected chi connectivity index (χ1v) is 11.6. The first kappa shape index (κ1) is 28.1. The van der Waals surface area contributed by atoms with Crippen molar-refractivity contribution in [2.45, 2.75) is 99.8 Å². The molecule has 0 aromatic heterocycles. The molecule has 1 rings (SSSR count). The third-order valence-corrected chi connectivity index (χ3v) is 5.42. The third-order valence-electron chi connectivity index (χ3n) is 5.42. The highest BCUT2D eigenvalue weighted by molar-refractivity contribution is 5.86. The SMILES string of the molecule is C=C(C)C(=O)OCCOc1cc(C(C)(C)CC(C)(C)C)c(O)c(C(C)(C)CC(C)(C)C)c1. The van der Waals surface area contributed by atoms with E-state index in [2.05, 4.69) is 75.8 Å². The highest BCUT2D eigenvalue weighted by atomic mass is 16.6. The molecule has 0 aliphatic rings. The average Bonchev–Trinajstić information content (AvgIpc) is 2.54. The number of aromatic hydroxyl groups is 1. The molecule has 0 bridgehead atoms. The molecule has 1 aromatic rings. The summed E-state index contributed by atoms with van der Waals surface area (Å²) in [5, 5.41) is 11.4. The number of carbonyl (C=O) groups excluding carboxylic acids is 1. The maximum atomic E-state index is 11.6. The van der Waals surface area contributed by atoms with Crippen LogP contribution in [0.25, 0.3) is 0 Å². The molecule has 4 nitrogen and oxygen atoms in total. The Kier molecular flexibility index (Phi) is 8.67. The van der Waals surface area contributed by atoms with Crippen molar-refractivity contribution in [2.75, 3.05) is 13.2 Å². The maximum absolute atomic E-state index is 11.6. The lowest BCUT2D eigenvalue weighted by atomic mass is 9.68. The molecule has 0 aliphatic carbocycles. The molecule has 0 fully saturated rings. The molecule has 0 spiro atoms. The molecule has 0 heterocycles. The van der Waals surface area contributed by atoms with E-state index in [0.717, 1.165) is 24.0 Å². The zero-order chi connectivity index (χ0) is 25.1. The van der Waals surface area contributed by atoms with E-state index in [1.807, 2.05) is 12.1 Å². The van der Waals surface area contributed by atoms with Crippen LogP contribution in [0.3, 0.4) is 0 Å². The monoisotopic (exact) mass is 446 g/mol. The van der Waals surface area contributed by atoms with Crippen LogP contribution in [0.1, 0.15) is 100 Å². The lowest BCUT2D eigenvalue weighted by Gasteiger charge is -2.37. The van der Waals surface area contributed by atoms with E-state index in [0.29, 0.717) is 17.1 Å². The maximum Gasteiger partial charge on any atom is 0.333 e. The van der Waals surface area contributed by atoms with Crippen molar-refractivity contribution in [3.8, 4) is 11.5 Å². The largest absolute Gasteiger partial charge is 0.507 e. The van der Waals surface area contributed by atoms with Gasteiger partial charge in [-0.2, -0.15) is 0 Å². The van der Waals surface area contributed by atoms with Gasteiger partial charge in [0.2, 0.25) is 0 Å². The Morgan fingerprint density at radius 1 is 0.844 bits per heavy atom. The highest BCUT2D eigenvalue weighted by Crippen LogP contribution is 2.48. The summed E-state index contributed by atoms with van der Waals surface area (Å²) < 4.78 is 11.2. The number of esters is 1. The Morgan fingerprint density at radius 3 is 1.59 bits per heavy atom. The fraction of sp³-hybridized carbons (Fsp3) is 0.679. The van der Waals surface area contributed by atoms with E-state index in [1.54, 1.807) is 6.92 Å². The summed E-state index contributed by atoms with van der Waals surface area (Å²) in [6.45, 7) is 27.6. The average molecular weight is 447 g/mol. The van der Waals surface area contributed by atoms with Gasteiger partial charge >= 0.3 is 5.97 Å². The molecular weight excluding hydrogens is 400 g/mol. The van der Waals surface area contributed by atoms with Crippen molar-refractivity contribution in [1.29, 1.82) is 0 Å².